The fourth-order valence-electron chi connectivity index (χ4n) is 8.24. The van der Waals surface area contributed by atoms with Crippen LogP contribution in [-0.4, -0.2) is 98.0 Å². The Hall–Kier alpha value is -4.02. The van der Waals surface area contributed by atoms with Gasteiger partial charge in [0.05, 0.1) is 10.1 Å². The fraction of sp³-hybridized carbons (Fsp3) is 0.579. The van der Waals surface area contributed by atoms with Crippen LogP contribution in [0, 0.1) is 17.8 Å². The van der Waals surface area contributed by atoms with Crippen molar-refractivity contribution in [2.45, 2.75) is 106 Å². The summed E-state index contributed by atoms with van der Waals surface area (Å²) in [6.07, 6.45) is 7.12. The van der Waals surface area contributed by atoms with Crippen molar-refractivity contribution in [3.63, 3.8) is 0 Å². The average Bonchev–Trinajstić information content (AvgIpc) is 4.00. The molecule has 3 N–H and O–H groups in total. The lowest BCUT2D eigenvalue weighted by molar-refractivity contribution is -0.142. The van der Waals surface area contributed by atoms with E-state index in [9.17, 15) is 36.0 Å². The molecule has 2 aromatic carbocycles. The number of rotatable bonds is 6. The van der Waals surface area contributed by atoms with Crippen molar-refractivity contribution in [2.75, 3.05) is 19.6 Å². The zero-order valence-corrected chi connectivity index (χ0v) is 32.5. The van der Waals surface area contributed by atoms with Crippen LogP contribution in [0.5, 0.6) is 0 Å². The van der Waals surface area contributed by atoms with Crippen LogP contribution in [0.25, 0.3) is 10.8 Å². The van der Waals surface area contributed by atoms with Gasteiger partial charge in [-0.1, -0.05) is 61.4 Å². The van der Waals surface area contributed by atoms with E-state index < -0.39 is 90.1 Å². The molecule has 5 aliphatic rings. The van der Waals surface area contributed by atoms with E-state index >= 15 is 0 Å². The van der Waals surface area contributed by atoms with Gasteiger partial charge in [0.25, 0.3) is 5.91 Å². The van der Waals surface area contributed by atoms with Crippen molar-refractivity contribution >= 4 is 54.6 Å². The number of nitrogens with one attached hydrogen (secondary N) is 3. The lowest BCUT2D eigenvalue weighted by atomic mass is 9.93. The van der Waals surface area contributed by atoms with Gasteiger partial charge in [0.15, 0.2) is 0 Å². The van der Waals surface area contributed by atoms with Crippen LogP contribution in [0.3, 0.4) is 0 Å². The fourth-order valence-corrected chi connectivity index (χ4v) is 11.3. The van der Waals surface area contributed by atoms with Gasteiger partial charge in [0, 0.05) is 36.9 Å². The highest BCUT2D eigenvalue weighted by atomic mass is 32.2. The standard InChI is InChI=1S/C38H49N5O9S2/c1-37(2,3)52-36(47)39-30-16-8-6-4-5-7-14-26-20-38(26,35(46)41-53(48,49)27-18-19-27)40-33(44)32-29-23-42(21-25(29)22-43(32)34(30)45)54(50,51)31-17-11-13-24-12-9-10-15-28(24)31/h7,9-15,17,25-27,29-30,32H,4-6,8,16,18-23H2,1-3H3,(H,39,47)(H,40,44)(H,41,46)/b14-7-/t25-,26-,29-,30+,32-,38+/m0/s1. The lowest BCUT2D eigenvalue weighted by Gasteiger charge is -2.33. The Balaban J connectivity index is 1.22. The second kappa shape index (κ2) is 14.2. The Morgan fingerprint density at radius 3 is 2.41 bits per heavy atom. The number of sulfonamides is 2. The summed E-state index contributed by atoms with van der Waals surface area (Å²) < 4.78 is 63.3. The lowest BCUT2D eigenvalue weighted by Crippen LogP contribution is -2.60. The number of hydrogen-bond donors (Lipinski definition) is 3. The monoisotopic (exact) mass is 783 g/mol. The molecule has 2 saturated heterocycles. The van der Waals surface area contributed by atoms with Crippen LogP contribution in [0.4, 0.5) is 4.79 Å². The Labute approximate surface area is 316 Å². The minimum Gasteiger partial charge on any atom is -0.444 e. The number of carbonyl (C=O) groups excluding carboxylic acids is 4. The molecule has 3 aliphatic heterocycles. The molecule has 292 valence electrons. The molecule has 0 bridgehead atoms. The van der Waals surface area contributed by atoms with Gasteiger partial charge in [-0.05, 0) is 76.7 Å². The van der Waals surface area contributed by atoms with Crippen molar-refractivity contribution in [1.29, 1.82) is 0 Å². The smallest absolute Gasteiger partial charge is 0.408 e. The predicted octanol–water partition coefficient (Wildman–Crippen LogP) is 3.18. The quantitative estimate of drug-likeness (QED) is 0.370. The van der Waals surface area contributed by atoms with E-state index in [1.54, 1.807) is 45.0 Å². The van der Waals surface area contributed by atoms with Crippen molar-refractivity contribution < 1.29 is 40.8 Å². The number of nitrogens with zero attached hydrogens (tertiary/aromatic N) is 2. The van der Waals surface area contributed by atoms with E-state index in [0.717, 1.165) is 18.2 Å². The molecule has 54 heavy (non-hydrogen) atoms. The van der Waals surface area contributed by atoms with Gasteiger partial charge in [-0.2, -0.15) is 4.31 Å². The minimum atomic E-state index is -4.04. The summed E-state index contributed by atoms with van der Waals surface area (Å²) >= 11 is 0. The van der Waals surface area contributed by atoms with Crippen LogP contribution in [0.2, 0.25) is 0 Å². The molecule has 4 fully saturated rings. The van der Waals surface area contributed by atoms with E-state index in [0.29, 0.717) is 31.1 Å². The number of benzene rings is 2. The summed E-state index contributed by atoms with van der Waals surface area (Å²) in [5.74, 6) is -3.58. The summed E-state index contributed by atoms with van der Waals surface area (Å²) in [6.45, 7) is 5.15. The first-order valence-electron chi connectivity index (χ1n) is 18.8. The molecule has 2 saturated carbocycles. The highest BCUT2D eigenvalue weighted by Gasteiger charge is 2.63. The van der Waals surface area contributed by atoms with Gasteiger partial charge in [-0.15, -0.1) is 0 Å². The number of allylic oxidation sites excluding steroid dienone is 1. The first kappa shape index (κ1) is 38.3. The van der Waals surface area contributed by atoms with E-state index in [1.165, 1.54) is 9.21 Å². The normalized spacial score (nSPS) is 30.2. The van der Waals surface area contributed by atoms with Crippen LogP contribution in [0.1, 0.15) is 72.1 Å². The molecule has 0 aromatic heterocycles. The molecular weight excluding hydrogens is 735 g/mol. The number of amides is 4. The number of carbonyl (C=O) groups is 4. The molecule has 7 rings (SSSR count). The van der Waals surface area contributed by atoms with Crippen molar-refractivity contribution in [1.82, 2.24) is 24.6 Å². The van der Waals surface area contributed by atoms with E-state index in [4.69, 9.17) is 4.74 Å². The third-order valence-electron chi connectivity index (χ3n) is 11.2. The van der Waals surface area contributed by atoms with Gasteiger partial charge in [-0.25, -0.2) is 21.6 Å². The molecule has 2 aliphatic carbocycles. The van der Waals surface area contributed by atoms with Crippen LogP contribution >= 0.6 is 0 Å². The molecular formula is C38H49N5O9S2. The highest BCUT2D eigenvalue weighted by Crippen LogP contribution is 2.47. The largest absolute Gasteiger partial charge is 0.444 e. The summed E-state index contributed by atoms with van der Waals surface area (Å²) in [7, 11) is -7.97. The van der Waals surface area contributed by atoms with Gasteiger partial charge >= 0.3 is 6.09 Å². The maximum Gasteiger partial charge on any atom is 0.408 e. The van der Waals surface area contributed by atoms with Gasteiger partial charge in [0.1, 0.15) is 23.2 Å². The molecule has 16 heteroatoms. The average molecular weight is 784 g/mol. The molecule has 0 radical (unpaired) electrons. The van der Waals surface area contributed by atoms with E-state index in [1.807, 2.05) is 30.4 Å². The first-order chi connectivity index (χ1) is 25.5. The Kier molecular flexibility index (Phi) is 10.1. The zero-order chi connectivity index (χ0) is 38.6. The second-order valence-electron chi connectivity index (χ2n) is 16.4. The summed E-state index contributed by atoms with van der Waals surface area (Å²) in [5, 5.41) is 6.28. The van der Waals surface area contributed by atoms with E-state index in [2.05, 4.69) is 15.4 Å². The molecule has 3 heterocycles. The second-order valence-corrected chi connectivity index (χ2v) is 20.2. The van der Waals surface area contributed by atoms with Crippen LogP contribution in [-0.2, 0) is 39.2 Å². The molecule has 14 nitrogen and oxygen atoms in total. The number of fused-ring (bicyclic) bond motifs is 5. The van der Waals surface area contributed by atoms with Gasteiger partial charge < -0.3 is 20.3 Å². The number of ether oxygens (including phenoxy) is 1. The maximum absolute atomic E-state index is 14.7. The predicted molar refractivity (Wildman–Crippen MR) is 200 cm³/mol. The summed E-state index contributed by atoms with van der Waals surface area (Å²) in [6, 6.07) is 10.0. The number of alkyl carbamates (subject to hydrolysis) is 1. The van der Waals surface area contributed by atoms with Crippen molar-refractivity contribution in [3.8, 4) is 0 Å². The van der Waals surface area contributed by atoms with Crippen molar-refractivity contribution in [3.05, 3.63) is 54.6 Å². The molecule has 4 amide bonds. The van der Waals surface area contributed by atoms with E-state index in [-0.39, 0.29) is 37.4 Å². The third kappa shape index (κ3) is 7.61. The summed E-state index contributed by atoms with van der Waals surface area (Å²) in [5.41, 5.74) is -2.39. The Bertz CT molecular complexity index is 2090. The SMILES string of the molecule is CC(C)(C)OC(=O)N[C@@H]1CCCCC/C=C\[C@H]2C[C@@]2(C(=O)NS(=O)(=O)C2CC2)NC(=O)[C@@H]2[C@H]3CN(S(=O)(=O)c4cccc5ccccc45)C[C@H]3CN2C1=O. The maximum atomic E-state index is 14.7. The topological polar surface area (TPSA) is 188 Å². The molecule has 6 atom stereocenters. The first-order valence-corrected chi connectivity index (χ1v) is 21.8. The molecule has 2 aromatic rings. The van der Waals surface area contributed by atoms with Gasteiger partial charge in [-0.3, -0.25) is 19.1 Å². The highest BCUT2D eigenvalue weighted by molar-refractivity contribution is 7.91. The number of hydrogen-bond acceptors (Lipinski definition) is 9. The Morgan fingerprint density at radius 2 is 1.67 bits per heavy atom. The van der Waals surface area contributed by atoms with Crippen LogP contribution in [0.15, 0.2) is 59.5 Å². The third-order valence-corrected chi connectivity index (χ3v) is 14.9. The van der Waals surface area contributed by atoms with Crippen molar-refractivity contribution in [2.24, 2.45) is 17.8 Å². The summed E-state index contributed by atoms with van der Waals surface area (Å²) in [4.78, 5) is 57.5. The van der Waals surface area contributed by atoms with Gasteiger partial charge in [0.2, 0.25) is 31.9 Å². The molecule has 0 spiro atoms. The minimum absolute atomic E-state index is 0.0359. The molecule has 0 unspecified atom stereocenters. The van der Waals surface area contributed by atoms with Crippen LogP contribution < -0.4 is 15.4 Å². The Morgan fingerprint density at radius 1 is 0.926 bits per heavy atom. The zero-order valence-electron chi connectivity index (χ0n) is 30.8.